The zero-order chi connectivity index (χ0) is 12.1. The average Bonchev–Trinajstić information content (AvgIpc) is 2.86. The van der Waals surface area contributed by atoms with Crippen LogP contribution in [-0.2, 0) is 16.8 Å². The number of aromatic nitrogens is 1. The summed E-state index contributed by atoms with van der Waals surface area (Å²) in [4.78, 5) is 4.75. The fourth-order valence-corrected chi connectivity index (χ4v) is 3.73. The van der Waals surface area contributed by atoms with Crippen molar-refractivity contribution in [3.63, 3.8) is 0 Å². The topological polar surface area (TPSA) is 22.1 Å². The number of alkyl halides is 1. The Kier molecular flexibility index (Phi) is 4.83. The highest BCUT2D eigenvalue weighted by molar-refractivity contribution is 7.09. The fourth-order valence-electron chi connectivity index (χ4n) is 2.51. The summed E-state index contributed by atoms with van der Waals surface area (Å²) in [6.07, 6.45) is 8.06. The van der Waals surface area contributed by atoms with Gasteiger partial charge in [-0.2, -0.15) is 0 Å². The molecular weight excluding hydrogens is 254 g/mol. The van der Waals surface area contributed by atoms with Crippen molar-refractivity contribution in [2.24, 2.45) is 0 Å². The van der Waals surface area contributed by atoms with Crippen molar-refractivity contribution in [3.8, 4) is 0 Å². The number of rotatable bonds is 5. The van der Waals surface area contributed by atoms with Gasteiger partial charge in [-0.25, -0.2) is 4.98 Å². The van der Waals surface area contributed by atoms with Crippen LogP contribution in [-0.4, -0.2) is 18.0 Å². The van der Waals surface area contributed by atoms with E-state index in [1.165, 1.54) is 30.0 Å². The van der Waals surface area contributed by atoms with E-state index in [0.717, 1.165) is 25.7 Å². The van der Waals surface area contributed by atoms with Crippen LogP contribution in [0.5, 0.6) is 0 Å². The van der Waals surface area contributed by atoms with E-state index in [1.807, 2.05) is 7.11 Å². The zero-order valence-electron chi connectivity index (χ0n) is 10.4. The largest absolute Gasteiger partial charge is 0.371 e. The predicted octanol–water partition coefficient (Wildman–Crippen LogP) is 4.12. The molecule has 0 aliphatic heterocycles. The second kappa shape index (κ2) is 6.17. The van der Waals surface area contributed by atoms with E-state index in [2.05, 4.69) is 5.38 Å². The predicted molar refractivity (Wildman–Crippen MR) is 72.9 cm³/mol. The Bertz CT molecular complexity index is 347. The molecule has 0 N–H and O–H groups in total. The number of nitrogens with zero attached hydrogens (tertiary/aromatic N) is 1. The molecule has 1 aromatic rings. The third-order valence-electron chi connectivity index (χ3n) is 3.56. The van der Waals surface area contributed by atoms with Gasteiger partial charge in [-0.3, -0.25) is 0 Å². The van der Waals surface area contributed by atoms with Crippen LogP contribution in [0.4, 0.5) is 0 Å². The van der Waals surface area contributed by atoms with Gasteiger partial charge in [-0.15, -0.1) is 22.9 Å². The summed E-state index contributed by atoms with van der Waals surface area (Å²) in [6, 6.07) is 0. The first-order chi connectivity index (χ1) is 8.30. The van der Waals surface area contributed by atoms with E-state index in [0.29, 0.717) is 5.88 Å². The molecule has 1 aromatic heterocycles. The van der Waals surface area contributed by atoms with Gasteiger partial charge in [-0.1, -0.05) is 19.3 Å². The Balaban J connectivity index is 2.10. The molecule has 0 bridgehead atoms. The minimum Gasteiger partial charge on any atom is -0.371 e. The number of thiazole rings is 1. The maximum atomic E-state index is 5.80. The second-order valence-electron chi connectivity index (χ2n) is 4.70. The SMILES string of the molecule is COC1(c2nc(CCCCl)cs2)CCCCC1. The van der Waals surface area contributed by atoms with Crippen molar-refractivity contribution in [2.75, 3.05) is 13.0 Å². The first-order valence-electron chi connectivity index (χ1n) is 6.37. The van der Waals surface area contributed by atoms with Gasteiger partial charge < -0.3 is 4.74 Å². The van der Waals surface area contributed by atoms with Crippen molar-refractivity contribution in [1.82, 2.24) is 4.98 Å². The molecule has 0 unspecified atom stereocenters. The highest BCUT2D eigenvalue weighted by atomic mass is 35.5. The van der Waals surface area contributed by atoms with Crippen molar-refractivity contribution in [2.45, 2.75) is 50.5 Å². The molecule has 2 rings (SSSR count). The molecule has 0 spiro atoms. The van der Waals surface area contributed by atoms with Crippen molar-refractivity contribution in [1.29, 1.82) is 0 Å². The van der Waals surface area contributed by atoms with Crippen LogP contribution in [0.25, 0.3) is 0 Å². The van der Waals surface area contributed by atoms with Crippen LogP contribution < -0.4 is 0 Å². The standard InChI is InChI=1S/C13H20ClNOS/c1-16-13(7-3-2-4-8-13)12-15-11(10-17-12)6-5-9-14/h10H,2-9H2,1H3. The summed E-state index contributed by atoms with van der Waals surface area (Å²) in [6.45, 7) is 0. The number of halogens is 1. The lowest BCUT2D eigenvalue weighted by molar-refractivity contribution is -0.0447. The molecule has 2 nitrogen and oxygen atoms in total. The number of hydrogen-bond acceptors (Lipinski definition) is 3. The minimum atomic E-state index is -0.0951. The van der Waals surface area contributed by atoms with Crippen LogP contribution in [0.1, 0.15) is 49.2 Å². The van der Waals surface area contributed by atoms with Crippen LogP contribution in [0.3, 0.4) is 0 Å². The van der Waals surface area contributed by atoms with E-state index in [4.69, 9.17) is 21.3 Å². The summed E-state index contributed by atoms with van der Waals surface area (Å²) in [5, 5.41) is 3.33. The van der Waals surface area contributed by atoms with E-state index >= 15 is 0 Å². The highest BCUT2D eigenvalue weighted by Gasteiger charge is 2.36. The van der Waals surface area contributed by atoms with Gasteiger partial charge in [0.15, 0.2) is 0 Å². The van der Waals surface area contributed by atoms with Gasteiger partial charge in [0, 0.05) is 18.4 Å². The molecule has 1 aliphatic carbocycles. The van der Waals surface area contributed by atoms with Gasteiger partial charge in [-0.05, 0) is 25.7 Å². The lowest BCUT2D eigenvalue weighted by Crippen LogP contribution is -2.31. The molecule has 1 saturated carbocycles. The molecule has 1 aliphatic rings. The average molecular weight is 274 g/mol. The first kappa shape index (κ1) is 13.3. The van der Waals surface area contributed by atoms with Crippen molar-refractivity contribution >= 4 is 22.9 Å². The Morgan fingerprint density at radius 3 is 2.82 bits per heavy atom. The van der Waals surface area contributed by atoms with Gasteiger partial charge >= 0.3 is 0 Å². The van der Waals surface area contributed by atoms with Crippen LogP contribution in [0.15, 0.2) is 5.38 Å². The molecule has 0 saturated heterocycles. The van der Waals surface area contributed by atoms with Gasteiger partial charge in [0.2, 0.25) is 0 Å². The first-order valence-corrected chi connectivity index (χ1v) is 7.78. The molecule has 0 atom stereocenters. The van der Waals surface area contributed by atoms with Crippen molar-refractivity contribution in [3.05, 3.63) is 16.1 Å². The zero-order valence-corrected chi connectivity index (χ0v) is 11.9. The molecule has 1 fully saturated rings. The molecule has 96 valence electrons. The number of hydrogen-bond donors (Lipinski definition) is 0. The monoisotopic (exact) mass is 273 g/mol. The van der Waals surface area contributed by atoms with Crippen LogP contribution >= 0.6 is 22.9 Å². The number of methoxy groups -OCH3 is 1. The van der Waals surface area contributed by atoms with Crippen LogP contribution in [0.2, 0.25) is 0 Å². The Labute approximate surface area is 112 Å². The quantitative estimate of drug-likeness (QED) is 0.753. The Morgan fingerprint density at radius 2 is 2.18 bits per heavy atom. The van der Waals surface area contributed by atoms with Gasteiger partial charge in [0.1, 0.15) is 10.6 Å². The molecule has 0 radical (unpaired) electrons. The number of aryl methyl sites for hydroxylation is 1. The van der Waals surface area contributed by atoms with E-state index < -0.39 is 0 Å². The summed E-state index contributed by atoms with van der Waals surface area (Å²) >= 11 is 7.46. The molecular formula is C13H20ClNOS. The van der Waals surface area contributed by atoms with Crippen LogP contribution in [0, 0.1) is 0 Å². The molecule has 1 heterocycles. The Morgan fingerprint density at radius 1 is 1.41 bits per heavy atom. The Hall–Kier alpha value is -0.120. The smallest absolute Gasteiger partial charge is 0.125 e. The maximum Gasteiger partial charge on any atom is 0.125 e. The third kappa shape index (κ3) is 3.01. The summed E-state index contributed by atoms with van der Waals surface area (Å²) in [7, 11) is 1.82. The molecule has 17 heavy (non-hydrogen) atoms. The minimum absolute atomic E-state index is 0.0951. The summed E-state index contributed by atoms with van der Waals surface area (Å²) in [5.74, 6) is 0.711. The second-order valence-corrected chi connectivity index (χ2v) is 5.93. The van der Waals surface area contributed by atoms with E-state index in [9.17, 15) is 0 Å². The third-order valence-corrected chi connectivity index (χ3v) is 4.90. The maximum absolute atomic E-state index is 5.80. The molecule has 0 aromatic carbocycles. The lowest BCUT2D eigenvalue weighted by Gasteiger charge is -2.34. The van der Waals surface area contributed by atoms with E-state index in [-0.39, 0.29) is 5.60 Å². The van der Waals surface area contributed by atoms with Crippen molar-refractivity contribution < 1.29 is 4.74 Å². The molecule has 0 amide bonds. The molecule has 4 heteroatoms. The van der Waals surface area contributed by atoms with E-state index in [1.54, 1.807) is 11.3 Å². The van der Waals surface area contributed by atoms with Gasteiger partial charge in [0.05, 0.1) is 5.69 Å². The summed E-state index contributed by atoms with van der Waals surface area (Å²) in [5.41, 5.74) is 1.08. The number of ether oxygens (including phenoxy) is 1. The summed E-state index contributed by atoms with van der Waals surface area (Å²) < 4.78 is 5.80. The van der Waals surface area contributed by atoms with Gasteiger partial charge in [0.25, 0.3) is 0 Å². The normalized spacial score (nSPS) is 19.4. The highest BCUT2D eigenvalue weighted by Crippen LogP contribution is 2.41. The fraction of sp³-hybridized carbons (Fsp3) is 0.769. The lowest BCUT2D eigenvalue weighted by atomic mass is 9.85.